The van der Waals surface area contributed by atoms with Crippen molar-refractivity contribution >= 4 is 78.1 Å². The molecule has 15 nitrogen and oxygen atoms in total. The third-order valence-corrected chi connectivity index (χ3v) is 9.49. The third kappa shape index (κ3) is 7.12. The normalized spacial score (nSPS) is 15.9. The number of carbonyl (C=O) groups is 2. The van der Waals surface area contributed by atoms with Crippen LogP contribution in [0.1, 0.15) is 38.8 Å². The Morgan fingerprint density at radius 1 is 0.667 bits per heavy atom. The van der Waals surface area contributed by atoms with Crippen LogP contribution in [0, 0.1) is 0 Å². The van der Waals surface area contributed by atoms with Gasteiger partial charge < -0.3 is 16.2 Å². The summed E-state index contributed by atoms with van der Waals surface area (Å²) in [6.45, 7) is 2.00. The molecule has 17 heteroatoms. The Balaban J connectivity index is 1.25. The molecule has 0 aliphatic heterocycles. The van der Waals surface area contributed by atoms with E-state index in [4.69, 9.17) is 16.2 Å². The maximum Gasteiger partial charge on any atom is 0.296 e. The highest BCUT2D eigenvalue weighted by molar-refractivity contribution is 7.91. The van der Waals surface area contributed by atoms with Crippen molar-refractivity contribution in [3.8, 4) is 16.9 Å². The number of hydrogen-bond acceptors (Lipinski definition) is 13. The van der Waals surface area contributed by atoms with Crippen molar-refractivity contribution in [2.24, 2.45) is 10.2 Å². The van der Waals surface area contributed by atoms with Crippen molar-refractivity contribution in [1.29, 1.82) is 0 Å². The van der Waals surface area contributed by atoms with E-state index in [0.29, 0.717) is 22.6 Å². The van der Waals surface area contributed by atoms with E-state index < -0.39 is 53.0 Å². The fraction of sp³-hybridized carbons (Fsp3) is 0.0588. The number of Topliss-reactive ketones (excluding diaryl/α,β-unsaturated/α-hetero) is 2. The highest BCUT2D eigenvalue weighted by atomic mass is 32.2. The average molecular weight is 729 g/mol. The van der Waals surface area contributed by atoms with Crippen LogP contribution in [-0.2, 0) is 20.2 Å². The van der Waals surface area contributed by atoms with Gasteiger partial charge in [0.1, 0.15) is 15.6 Å². The van der Waals surface area contributed by atoms with Crippen LogP contribution in [0.3, 0.4) is 0 Å². The van der Waals surface area contributed by atoms with E-state index in [2.05, 4.69) is 21.1 Å². The average Bonchev–Trinajstić information content (AvgIpc) is 3.07. The number of benzene rings is 4. The largest absolute Gasteiger partial charge is 0.492 e. The lowest BCUT2D eigenvalue weighted by Gasteiger charge is -2.17. The maximum atomic E-state index is 13.2. The first kappa shape index (κ1) is 34.7. The molecule has 0 bridgehead atoms. The van der Waals surface area contributed by atoms with E-state index in [1.807, 2.05) is 0 Å². The summed E-state index contributed by atoms with van der Waals surface area (Å²) >= 11 is 0. The summed E-state index contributed by atoms with van der Waals surface area (Å²) in [5.74, 6) is -1.20. The number of nitrogens with two attached hydrogens (primary N) is 2. The van der Waals surface area contributed by atoms with Crippen LogP contribution in [-0.4, -0.2) is 55.5 Å². The van der Waals surface area contributed by atoms with E-state index in [-0.39, 0.29) is 45.9 Å². The lowest BCUT2D eigenvalue weighted by atomic mass is 9.94. The van der Waals surface area contributed by atoms with E-state index in [1.165, 1.54) is 36.4 Å². The van der Waals surface area contributed by atoms with Crippen LogP contribution in [0.15, 0.2) is 98.9 Å². The molecular weight excluding hydrogens is 701 g/mol. The molecule has 0 radical (unpaired) electrons. The Bertz CT molecular complexity index is 2490. The number of ketones is 2. The van der Waals surface area contributed by atoms with Gasteiger partial charge in [-0.2, -0.15) is 27.0 Å². The quantitative estimate of drug-likeness (QED) is 0.0777. The zero-order valence-corrected chi connectivity index (χ0v) is 28.1. The van der Waals surface area contributed by atoms with Crippen molar-refractivity contribution in [2.75, 3.05) is 28.9 Å². The zero-order valence-electron chi connectivity index (χ0n) is 26.5. The fourth-order valence-corrected chi connectivity index (χ4v) is 6.66. The van der Waals surface area contributed by atoms with Crippen molar-refractivity contribution in [2.45, 2.75) is 6.92 Å². The van der Waals surface area contributed by atoms with Crippen LogP contribution >= 0.6 is 0 Å². The fourth-order valence-electron chi connectivity index (χ4n) is 5.34. The van der Waals surface area contributed by atoms with E-state index in [0.717, 1.165) is 12.2 Å². The molecule has 8 N–H and O–H groups in total. The van der Waals surface area contributed by atoms with Crippen LogP contribution in [0.4, 0.5) is 22.7 Å². The topological polar surface area (TPSA) is 253 Å². The minimum atomic E-state index is -4.84. The summed E-state index contributed by atoms with van der Waals surface area (Å²) in [7, 11) is -9.64. The SMILES string of the molecule is CCOc1cc(-c2ccc(N/N=C3\C(=O)c4cc(N)ccc4C=C3S(=O)(=O)O)cc2)ccc1N/N=C1/C(=O)c2cc(N)ccc2C=C1S(=O)(=O)O. The minimum absolute atomic E-state index is 0.115. The first-order valence-corrected chi connectivity index (χ1v) is 17.8. The van der Waals surface area contributed by atoms with E-state index in [9.17, 15) is 35.5 Å². The smallest absolute Gasteiger partial charge is 0.296 e. The molecule has 0 amide bonds. The number of hydrazone groups is 2. The molecule has 6 rings (SSSR count). The number of anilines is 4. The second kappa shape index (κ2) is 13.3. The molecule has 0 spiro atoms. The first-order valence-electron chi connectivity index (χ1n) is 15.0. The van der Waals surface area contributed by atoms with Gasteiger partial charge in [-0.1, -0.05) is 30.3 Å². The van der Waals surface area contributed by atoms with Gasteiger partial charge in [-0.15, -0.1) is 0 Å². The van der Waals surface area contributed by atoms with Crippen LogP contribution in [0.2, 0.25) is 0 Å². The minimum Gasteiger partial charge on any atom is -0.492 e. The van der Waals surface area contributed by atoms with Gasteiger partial charge in [0.05, 0.1) is 18.0 Å². The second-order valence-electron chi connectivity index (χ2n) is 11.2. The molecule has 2 aliphatic rings. The van der Waals surface area contributed by atoms with E-state index >= 15 is 0 Å². The van der Waals surface area contributed by atoms with Crippen LogP contribution in [0.5, 0.6) is 5.75 Å². The Hall–Kier alpha value is -6.14. The number of fused-ring (bicyclic) bond motifs is 2. The first-order chi connectivity index (χ1) is 24.1. The predicted octanol–water partition coefficient (Wildman–Crippen LogP) is 4.70. The lowest BCUT2D eigenvalue weighted by molar-refractivity contribution is 0.105. The molecule has 0 atom stereocenters. The standard InChI is InChI=1S/C34H28N6O9S2/c1-2-49-28-13-19(7-12-27(28)38-40-32-30(51(46,47)48)15-21-4-9-23(36)17-26(21)34(32)42)18-5-10-24(11-6-18)37-39-31-29(50(43,44)45)14-20-3-8-22(35)16-25(20)33(31)41/h3-17,37-38H,2,35-36H2,1H3,(H,43,44,45)(H,46,47,48)/b39-31-,40-32+. The van der Waals surface area contributed by atoms with Crippen LogP contribution < -0.4 is 27.1 Å². The third-order valence-electron chi connectivity index (χ3n) is 7.75. The highest BCUT2D eigenvalue weighted by Gasteiger charge is 2.34. The van der Waals surface area contributed by atoms with Gasteiger partial charge in [-0.05, 0) is 89.9 Å². The molecule has 0 heterocycles. The Morgan fingerprint density at radius 3 is 1.65 bits per heavy atom. The van der Waals surface area contributed by atoms with Crippen molar-refractivity contribution < 1.29 is 40.3 Å². The van der Waals surface area contributed by atoms with Gasteiger partial charge in [-0.25, -0.2) is 0 Å². The number of hydrogen-bond donors (Lipinski definition) is 6. The molecule has 0 saturated carbocycles. The molecule has 2 aliphatic carbocycles. The van der Waals surface area contributed by atoms with Gasteiger partial charge >= 0.3 is 0 Å². The predicted molar refractivity (Wildman–Crippen MR) is 195 cm³/mol. The molecule has 0 unspecified atom stereocenters. The summed E-state index contributed by atoms with van der Waals surface area (Å²) in [5.41, 5.74) is 19.3. The van der Waals surface area contributed by atoms with Gasteiger partial charge in [0.2, 0.25) is 11.6 Å². The van der Waals surface area contributed by atoms with Gasteiger partial charge in [0.25, 0.3) is 20.2 Å². The van der Waals surface area contributed by atoms with Crippen molar-refractivity contribution in [3.63, 3.8) is 0 Å². The van der Waals surface area contributed by atoms with Crippen molar-refractivity contribution in [1.82, 2.24) is 0 Å². The van der Waals surface area contributed by atoms with E-state index in [1.54, 1.807) is 49.4 Å². The summed E-state index contributed by atoms with van der Waals surface area (Å²) < 4.78 is 74.0. The highest BCUT2D eigenvalue weighted by Crippen LogP contribution is 2.33. The number of nitrogen functional groups attached to an aromatic ring is 2. The Labute approximate surface area is 291 Å². The number of allylic oxidation sites excluding steroid dienone is 2. The molecule has 51 heavy (non-hydrogen) atoms. The lowest BCUT2D eigenvalue weighted by Crippen LogP contribution is -2.27. The number of nitrogens with one attached hydrogen (secondary N) is 2. The number of nitrogens with zero attached hydrogens (tertiary/aromatic N) is 2. The summed E-state index contributed by atoms with van der Waals surface area (Å²) in [4.78, 5) is 25.0. The molecule has 0 saturated heterocycles. The summed E-state index contributed by atoms with van der Waals surface area (Å²) in [6, 6.07) is 20.4. The molecule has 0 fully saturated rings. The molecule has 260 valence electrons. The molecule has 4 aromatic rings. The second-order valence-corrected chi connectivity index (χ2v) is 14.0. The number of carbonyl (C=O) groups excluding carboxylic acids is 2. The van der Waals surface area contributed by atoms with Gasteiger partial charge in [0, 0.05) is 22.5 Å². The van der Waals surface area contributed by atoms with Crippen LogP contribution in [0.25, 0.3) is 23.3 Å². The monoisotopic (exact) mass is 728 g/mol. The summed E-state index contributed by atoms with van der Waals surface area (Å²) in [5, 5.41) is 8.06. The Morgan fingerprint density at radius 2 is 1.16 bits per heavy atom. The maximum absolute atomic E-state index is 13.2. The number of rotatable bonds is 9. The molecule has 4 aromatic carbocycles. The van der Waals surface area contributed by atoms with Gasteiger partial charge in [-0.3, -0.25) is 29.5 Å². The summed E-state index contributed by atoms with van der Waals surface area (Å²) in [6.07, 6.45) is 2.28. The molecule has 0 aromatic heterocycles. The molecular formula is C34H28N6O9S2. The Kier molecular flexibility index (Phi) is 9.05. The number of ether oxygens (including phenoxy) is 1. The van der Waals surface area contributed by atoms with Gasteiger partial charge in [0.15, 0.2) is 11.4 Å². The van der Waals surface area contributed by atoms with Crippen molar-refractivity contribution in [3.05, 3.63) is 111 Å². The zero-order chi connectivity index (χ0) is 36.7.